The molecule has 8 nitrogen and oxygen atoms in total. The predicted molar refractivity (Wildman–Crippen MR) is 162 cm³/mol. The Bertz CT molecular complexity index is 1400. The molecule has 1 atom stereocenters. The van der Waals surface area contributed by atoms with Crippen molar-refractivity contribution in [1.29, 1.82) is 0 Å². The highest BCUT2D eigenvalue weighted by Gasteiger charge is 2.24. The number of carbonyl (C=O) groups excluding carboxylic acids is 2. The van der Waals surface area contributed by atoms with Crippen LogP contribution in [0, 0.1) is 0 Å². The lowest BCUT2D eigenvalue weighted by molar-refractivity contribution is 0.0234. The van der Waals surface area contributed by atoms with Crippen LogP contribution in [0.3, 0.4) is 0 Å². The second-order valence-corrected chi connectivity index (χ2v) is 10.7. The Hall–Kier alpha value is -3.62. The summed E-state index contributed by atoms with van der Waals surface area (Å²) in [5.41, 5.74) is 5.30. The topological polar surface area (TPSA) is 87.6 Å². The van der Waals surface area contributed by atoms with Crippen LogP contribution in [0.1, 0.15) is 60.8 Å². The van der Waals surface area contributed by atoms with Crippen LogP contribution in [0.5, 0.6) is 0 Å². The Balaban J connectivity index is 1.39. The number of fused-ring (bicyclic) bond motifs is 1. The molecule has 2 aliphatic rings. The standard InChI is InChI=1S/C32H41N5O3/c1-4-5-10-23-21-29(30(36(23)3)31(38)33-2)35-32(39)34-28-15-14-25(26-12-6-7-13-27(26)28)22-9-8-11-24(20-22)37-16-18-40-19-17-37/h6-7,12-15,20-21,24H,4-5,8-11,16-19H2,1-3H3,(H,33,38)(H2,34,35,39). The number of carbonyl (C=O) groups is 2. The molecule has 0 bridgehead atoms. The number of nitrogens with one attached hydrogen (secondary N) is 3. The lowest BCUT2D eigenvalue weighted by atomic mass is 9.87. The van der Waals surface area contributed by atoms with Gasteiger partial charge in [-0.05, 0) is 60.8 Å². The fourth-order valence-electron chi connectivity index (χ4n) is 6.03. The molecule has 3 amide bonds. The molecule has 1 aliphatic heterocycles. The summed E-state index contributed by atoms with van der Waals surface area (Å²) in [5, 5.41) is 10.8. The molecular weight excluding hydrogens is 502 g/mol. The van der Waals surface area contributed by atoms with E-state index in [0.29, 0.717) is 17.4 Å². The van der Waals surface area contributed by atoms with Crippen LogP contribution >= 0.6 is 0 Å². The average Bonchev–Trinajstić information content (AvgIpc) is 3.30. The summed E-state index contributed by atoms with van der Waals surface area (Å²) in [6.07, 6.45) is 8.75. The molecule has 0 radical (unpaired) electrons. The van der Waals surface area contributed by atoms with Gasteiger partial charge in [-0.25, -0.2) is 4.79 Å². The van der Waals surface area contributed by atoms with Gasteiger partial charge in [0, 0.05) is 44.3 Å². The molecule has 8 heteroatoms. The molecule has 1 fully saturated rings. The van der Waals surface area contributed by atoms with Gasteiger partial charge in [0.05, 0.1) is 24.6 Å². The van der Waals surface area contributed by atoms with Crippen LogP contribution in [-0.2, 0) is 18.2 Å². The van der Waals surface area contributed by atoms with Gasteiger partial charge in [0.1, 0.15) is 5.69 Å². The second-order valence-electron chi connectivity index (χ2n) is 10.7. The summed E-state index contributed by atoms with van der Waals surface area (Å²) in [6.45, 7) is 5.71. The molecule has 5 rings (SSSR count). The van der Waals surface area contributed by atoms with E-state index in [1.165, 1.54) is 17.6 Å². The summed E-state index contributed by atoms with van der Waals surface area (Å²) in [5.74, 6) is -0.230. The van der Waals surface area contributed by atoms with Crippen LogP contribution in [-0.4, -0.2) is 60.8 Å². The van der Waals surface area contributed by atoms with Gasteiger partial charge in [0.2, 0.25) is 0 Å². The Morgan fingerprint density at radius 1 is 1.02 bits per heavy atom. The number of urea groups is 1. The molecule has 1 saturated heterocycles. The molecule has 1 unspecified atom stereocenters. The first-order valence-electron chi connectivity index (χ1n) is 14.5. The number of hydrogen-bond acceptors (Lipinski definition) is 4. The van der Waals surface area contributed by atoms with Crippen molar-refractivity contribution in [2.75, 3.05) is 44.0 Å². The highest BCUT2D eigenvalue weighted by atomic mass is 16.5. The van der Waals surface area contributed by atoms with Crippen molar-refractivity contribution >= 4 is 39.7 Å². The first-order valence-corrected chi connectivity index (χ1v) is 14.5. The minimum atomic E-state index is -0.375. The summed E-state index contributed by atoms with van der Waals surface area (Å²) in [6, 6.07) is 14.3. The molecular formula is C32H41N5O3. The third-order valence-corrected chi connectivity index (χ3v) is 8.18. The van der Waals surface area contributed by atoms with Crippen LogP contribution in [0.4, 0.5) is 16.2 Å². The molecule has 212 valence electrons. The third kappa shape index (κ3) is 5.93. The monoisotopic (exact) mass is 543 g/mol. The number of ether oxygens (including phenoxy) is 1. The maximum Gasteiger partial charge on any atom is 0.323 e. The van der Waals surface area contributed by atoms with E-state index >= 15 is 0 Å². The van der Waals surface area contributed by atoms with Gasteiger partial charge in [-0.3, -0.25) is 9.69 Å². The maximum atomic E-state index is 13.2. The molecule has 0 spiro atoms. The van der Waals surface area contributed by atoms with Crippen molar-refractivity contribution < 1.29 is 14.3 Å². The van der Waals surface area contributed by atoms with Crippen molar-refractivity contribution in [2.45, 2.75) is 51.5 Å². The smallest absolute Gasteiger partial charge is 0.323 e. The molecule has 2 heterocycles. The fraction of sp³-hybridized carbons (Fsp3) is 0.438. The van der Waals surface area contributed by atoms with Crippen molar-refractivity contribution in [3.05, 3.63) is 65.5 Å². The molecule has 2 aromatic carbocycles. The number of unbranched alkanes of at least 4 members (excludes halogenated alkanes) is 1. The highest BCUT2D eigenvalue weighted by Crippen LogP contribution is 2.36. The number of allylic oxidation sites excluding steroid dienone is 1. The number of aryl methyl sites for hydroxylation is 1. The van der Waals surface area contributed by atoms with Gasteiger partial charge in [-0.15, -0.1) is 0 Å². The maximum absolute atomic E-state index is 13.2. The van der Waals surface area contributed by atoms with Gasteiger partial charge in [0.15, 0.2) is 0 Å². The quantitative estimate of drug-likeness (QED) is 0.336. The van der Waals surface area contributed by atoms with Gasteiger partial charge < -0.3 is 25.3 Å². The zero-order chi connectivity index (χ0) is 28.1. The minimum Gasteiger partial charge on any atom is -0.379 e. The van der Waals surface area contributed by atoms with Crippen LogP contribution < -0.4 is 16.0 Å². The summed E-state index contributed by atoms with van der Waals surface area (Å²) in [4.78, 5) is 28.4. The lowest BCUT2D eigenvalue weighted by Gasteiger charge is -2.35. The molecule has 40 heavy (non-hydrogen) atoms. The van der Waals surface area contributed by atoms with Crippen molar-refractivity contribution in [2.24, 2.45) is 7.05 Å². The van der Waals surface area contributed by atoms with Crippen molar-refractivity contribution in [3.8, 4) is 0 Å². The Kier molecular flexibility index (Phi) is 8.87. The first-order chi connectivity index (χ1) is 19.5. The fourth-order valence-corrected chi connectivity index (χ4v) is 6.03. The number of rotatable bonds is 8. The zero-order valence-electron chi connectivity index (χ0n) is 23.9. The van der Waals surface area contributed by atoms with E-state index in [0.717, 1.165) is 80.6 Å². The molecule has 3 N–H and O–H groups in total. The number of nitrogens with zero attached hydrogens (tertiary/aromatic N) is 2. The SMILES string of the molecule is CCCCc1cc(NC(=O)Nc2ccc(C3=CC(N4CCOCC4)CCC3)c3ccccc23)c(C(=O)NC)n1C. The zero-order valence-corrected chi connectivity index (χ0v) is 23.9. The number of aromatic nitrogens is 1. The Morgan fingerprint density at radius 3 is 2.52 bits per heavy atom. The number of amides is 3. The van der Waals surface area contributed by atoms with Crippen LogP contribution in [0.2, 0.25) is 0 Å². The van der Waals surface area contributed by atoms with Crippen molar-refractivity contribution in [1.82, 2.24) is 14.8 Å². The van der Waals surface area contributed by atoms with E-state index in [4.69, 9.17) is 4.74 Å². The molecule has 1 aliphatic carbocycles. The van der Waals surface area contributed by atoms with Gasteiger partial charge in [-0.2, -0.15) is 0 Å². The summed E-state index contributed by atoms with van der Waals surface area (Å²) >= 11 is 0. The van der Waals surface area contributed by atoms with E-state index < -0.39 is 0 Å². The van der Waals surface area contributed by atoms with E-state index in [9.17, 15) is 9.59 Å². The number of benzene rings is 2. The van der Waals surface area contributed by atoms with Gasteiger partial charge in [0.25, 0.3) is 5.91 Å². The third-order valence-electron chi connectivity index (χ3n) is 8.18. The van der Waals surface area contributed by atoms with E-state index in [2.05, 4.69) is 58.1 Å². The summed E-state index contributed by atoms with van der Waals surface area (Å²) < 4.78 is 7.44. The number of hydrogen-bond donors (Lipinski definition) is 3. The summed E-state index contributed by atoms with van der Waals surface area (Å²) in [7, 11) is 3.47. The average molecular weight is 544 g/mol. The van der Waals surface area contributed by atoms with Gasteiger partial charge in [-0.1, -0.05) is 49.8 Å². The Morgan fingerprint density at radius 2 is 1.77 bits per heavy atom. The number of morpholine rings is 1. The second kappa shape index (κ2) is 12.7. The highest BCUT2D eigenvalue weighted by molar-refractivity contribution is 6.10. The lowest BCUT2D eigenvalue weighted by Crippen LogP contribution is -2.43. The van der Waals surface area contributed by atoms with Crippen LogP contribution in [0.25, 0.3) is 16.3 Å². The minimum absolute atomic E-state index is 0.230. The normalized spacial score (nSPS) is 17.9. The predicted octanol–water partition coefficient (Wildman–Crippen LogP) is 5.79. The number of anilines is 2. The van der Waals surface area contributed by atoms with E-state index in [1.807, 2.05) is 29.8 Å². The van der Waals surface area contributed by atoms with E-state index in [1.54, 1.807) is 7.05 Å². The van der Waals surface area contributed by atoms with Crippen LogP contribution in [0.15, 0.2) is 48.5 Å². The first kappa shape index (κ1) is 27.9. The molecule has 0 saturated carbocycles. The Labute approximate surface area is 236 Å². The largest absolute Gasteiger partial charge is 0.379 e. The molecule has 1 aromatic heterocycles. The molecule has 3 aromatic rings. The van der Waals surface area contributed by atoms with Crippen molar-refractivity contribution in [3.63, 3.8) is 0 Å². The van der Waals surface area contributed by atoms with Gasteiger partial charge >= 0.3 is 6.03 Å². The van der Waals surface area contributed by atoms with E-state index in [-0.39, 0.29) is 11.9 Å².